The fourth-order valence-electron chi connectivity index (χ4n) is 1.45. The van der Waals surface area contributed by atoms with Gasteiger partial charge >= 0.3 is 0 Å². The first-order valence-electron chi connectivity index (χ1n) is 5.20. The van der Waals surface area contributed by atoms with Crippen LogP contribution in [0.2, 0.25) is 5.02 Å². The zero-order valence-electron chi connectivity index (χ0n) is 8.82. The Labute approximate surface area is 104 Å². The highest BCUT2D eigenvalue weighted by atomic mass is 35.5. The van der Waals surface area contributed by atoms with E-state index in [-0.39, 0.29) is 0 Å². The molecule has 0 radical (unpaired) electrons. The Morgan fingerprint density at radius 1 is 1.38 bits per heavy atom. The van der Waals surface area contributed by atoms with Gasteiger partial charge in [0.25, 0.3) is 0 Å². The largest absolute Gasteiger partial charge is 0.330 e. The van der Waals surface area contributed by atoms with Crippen LogP contribution in [0.3, 0.4) is 0 Å². The third-order valence-electron chi connectivity index (χ3n) is 2.25. The maximum atomic E-state index is 5.95. The molecule has 2 N–H and O–H groups in total. The summed E-state index contributed by atoms with van der Waals surface area (Å²) in [6.07, 6.45) is 3.95. The quantitative estimate of drug-likeness (QED) is 0.906. The van der Waals surface area contributed by atoms with Gasteiger partial charge in [0, 0.05) is 21.7 Å². The Kier molecular flexibility index (Phi) is 3.93. The lowest BCUT2D eigenvalue weighted by atomic mass is 10.2. The molecule has 0 amide bonds. The molecule has 0 aliphatic heterocycles. The predicted octanol–water partition coefficient (Wildman–Crippen LogP) is 3.35. The fourth-order valence-corrected chi connectivity index (χ4v) is 2.60. The summed E-state index contributed by atoms with van der Waals surface area (Å²) >= 11 is 7.65. The molecule has 0 fully saturated rings. The molecule has 1 aromatic heterocycles. The van der Waals surface area contributed by atoms with Crippen molar-refractivity contribution in [1.82, 2.24) is 4.98 Å². The monoisotopic (exact) mass is 252 g/mol. The van der Waals surface area contributed by atoms with Gasteiger partial charge in [-0.1, -0.05) is 23.7 Å². The average molecular weight is 253 g/mol. The van der Waals surface area contributed by atoms with Gasteiger partial charge in [-0.15, -0.1) is 11.3 Å². The summed E-state index contributed by atoms with van der Waals surface area (Å²) in [5, 5.41) is 1.77. The van der Waals surface area contributed by atoms with E-state index in [0.29, 0.717) is 0 Å². The number of rotatable bonds is 4. The van der Waals surface area contributed by atoms with Crippen LogP contribution in [0.15, 0.2) is 30.5 Å². The van der Waals surface area contributed by atoms with E-state index in [2.05, 4.69) is 4.98 Å². The molecule has 0 aliphatic rings. The molecule has 0 aliphatic carbocycles. The molecule has 84 valence electrons. The molecule has 0 unspecified atom stereocenters. The van der Waals surface area contributed by atoms with Gasteiger partial charge in [0.05, 0.1) is 0 Å². The maximum Gasteiger partial charge on any atom is 0.123 e. The lowest BCUT2D eigenvalue weighted by Crippen LogP contribution is -1.99. The SMILES string of the molecule is NCCCc1cnc(-c2cccc(Cl)c2)s1. The molecular weight excluding hydrogens is 240 g/mol. The third-order valence-corrected chi connectivity index (χ3v) is 3.59. The first-order chi connectivity index (χ1) is 7.79. The highest BCUT2D eigenvalue weighted by Gasteiger charge is 2.04. The molecule has 4 heteroatoms. The molecule has 2 nitrogen and oxygen atoms in total. The van der Waals surface area contributed by atoms with Gasteiger partial charge in [-0.25, -0.2) is 4.98 Å². The second-order valence-electron chi connectivity index (χ2n) is 3.53. The zero-order chi connectivity index (χ0) is 11.4. The molecule has 0 bridgehead atoms. The van der Waals surface area contributed by atoms with Crippen molar-refractivity contribution in [3.8, 4) is 10.6 Å². The predicted molar refractivity (Wildman–Crippen MR) is 69.9 cm³/mol. The summed E-state index contributed by atoms with van der Waals surface area (Å²) in [4.78, 5) is 5.68. The van der Waals surface area contributed by atoms with Gasteiger partial charge < -0.3 is 5.73 Å². The summed E-state index contributed by atoms with van der Waals surface area (Å²) in [5.41, 5.74) is 6.56. The van der Waals surface area contributed by atoms with E-state index in [9.17, 15) is 0 Å². The van der Waals surface area contributed by atoms with Crippen LogP contribution in [0.25, 0.3) is 10.6 Å². The van der Waals surface area contributed by atoms with Crippen molar-refractivity contribution in [2.24, 2.45) is 5.73 Å². The van der Waals surface area contributed by atoms with Gasteiger partial charge in [0.1, 0.15) is 5.01 Å². The summed E-state index contributed by atoms with van der Waals surface area (Å²) in [7, 11) is 0. The van der Waals surface area contributed by atoms with E-state index in [0.717, 1.165) is 35.0 Å². The van der Waals surface area contributed by atoms with Crippen molar-refractivity contribution in [2.45, 2.75) is 12.8 Å². The van der Waals surface area contributed by atoms with Crippen molar-refractivity contribution in [1.29, 1.82) is 0 Å². The second-order valence-corrected chi connectivity index (χ2v) is 5.09. The van der Waals surface area contributed by atoms with E-state index in [1.165, 1.54) is 4.88 Å². The first-order valence-corrected chi connectivity index (χ1v) is 6.40. The number of benzene rings is 1. The van der Waals surface area contributed by atoms with E-state index >= 15 is 0 Å². The van der Waals surface area contributed by atoms with Crippen molar-refractivity contribution >= 4 is 22.9 Å². The number of halogens is 1. The van der Waals surface area contributed by atoms with Crippen LogP contribution in [-0.2, 0) is 6.42 Å². The molecule has 0 saturated carbocycles. The highest BCUT2D eigenvalue weighted by molar-refractivity contribution is 7.15. The summed E-state index contributed by atoms with van der Waals surface area (Å²) in [6, 6.07) is 7.77. The van der Waals surface area contributed by atoms with Crippen LogP contribution < -0.4 is 5.73 Å². The van der Waals surface area contributed by atoms with Crippen LogP contribution >= 0.6 is 22.9 Å². The molecule has 0 atom stereocenters. The van der Waals surface area contributed by atoms with Crippen LogP contribution in [0.1, 0.15) is 11.3 Å². The minimum Gasteiger partial charge on any atom is -0.330 e. The molecule has 2 aromatic rings. The normalized spacial score (nSPS) is 10.6. The molecule has 1 aromatic carbocycles. The van der Waals surface area contributed by atoms with Crippen LogP contribution in [0.4, 0.5) is 0 Å². The third kappa shape index (κ3) is 2.82. The molecule has 0 spiro atoms. The Bertz CT molecular complexity index is 468. The van der Waals surface area contributed by atoms with Crippen LogP contribution in [0, 0.1) is 0 Å². The Hall–Kier alpha value is -0.900. The average Bonchev–Trinajstić information content (AvgIpc) is 2.75. The van der Waals surface area contributed by atoms with Crippen molar-refractivity contribution in [3.63, 3.8) is 0 Å². The lowest BCUT2D eigenvalue weighted by Gasteiger charge is -1.96. The molecule has 2 rings (SSSR count). The minimum absolute atomic E-state index is 0.727. The molecule has 1 heterocycles. The summed E-state index contributed by atoms with van der Waals surface area (Å²) in [5.74, 6) is 0. The lowest BCUT2D eigenvalue weighted by molar-refractivity contribution is 0.841. The van der Waals surface area contributed by atoms with Gasteiger partial charge in [-0.05, 0) is 31.5 Å². The van der Waals surface area contributed by atoms with Gasteiger partial charge in [0.15, 0.2) is 0 Å². The number of nitrogens with zero attached hydrogens (tertiary/aromatic N) is 1. The zero-order valence-corrected chi connectivity index (χ0v) is 10.4. The van der Waals surface area contributed by atoms with E-state index in [1.807, 2.05) is 30.5 Å². The van der Waals surface area contributed by atoms with Crippen LogP contribution in [-0.4, -0.2) is 11.5 Å². The summed E-state index contributed by atoms with van der Waals surface area (Å²) < 4.78 is 0. The van der Waals surface area contributed by atoms with E-state index in [1.54, 1.807) is 11.3 Å². The number of thiazole rings is 1. The Morgan fingerprint density at radius 2 is 2.25 bits per heavy atom. The van der Waals surface area contributed by atoms with Gasteiger partial charge in [-0.2, -0.15) is 0 Å². The second kappa shape index (κ2) is 5.43. The van der Waals surface area contributed by atoms with Crippen LogP contribution in [0.5, 0.6) is 0 Å². The topological polar surface area (TPSA) is 38.9 Å². The van der Waals surface area contributed by atoms with Crippen molar-refractivity contribution < 1.29 is 0 Å². The van der Waals surface area contributed by atoms with E-state index < -0.39 is 0 Å². The summed E-state index contributed by atoms with van der Waals surface area (Å²) in [6.45, 7) is 0.727. The number of nitrogens with two attached hydrogens (primary N) is 1. The smallest absolute Gasteiger partial charge is 0.123 e. The molecule has 16 heavy (non-hydrogen) atoms. The number of aryl methyl sites for hydroxylation is 1. The van der Waals surface area contributed by atoms with Crippen molar-refractivity contribution in [3.05, 3.63) is 40.4 Å². The van der Waals surface area contributed by atoms with Crippen molar-refractivity contribution in [2.75, 3.05) is 6.54 Å². The number of aromatic nitrogens is 1. The van der Waals surface area contributed by atoms with E-state index in [4.69, 9.17) is 17.3 Å². The fraction of sp³-hybridized carbons (Fsp3) is 0.250. The standard InChI is InChI=1S/C12H13ClN2S/c13-10-4-1-3-9(7-10)12-15-8-11(16-12)5-2-6-14/h1,3-4,7-8H,2,5-6,14H2. The minimum atomic E-state index is 0.727. The van der Waals surface area contributed by atoms with Gasteiger partial charge in [-0.3, -0.25) is 0 Å². The van der Waals surface area contributed by atoms with Gasteiger partial charge in [0.2, 0.25) is 0 Å². The molecule has 0 saturated heterocycles. The molecular formula is C12H13ClN2S. The maximum absolute atomic E-state index is 5.95. The number of hydrogen-bond acceptors (Lipinski definition) is 3. The number of hydrogen-bond donors (Lipinski definition) is 1. The Morgan fingerprint density at radius 3 is 3.00 bits per heavy atom. The first kappa shape index (κ1) is 11.6. The highest BCUT2D eigenvalue weighted by Crippen LogP contribution is 2.27. The Balaban J connectivity index is 2.18.